The Balaban J connectivity index is 1.95. The van der Waals surface area contributed by atoms with Gasteiger partial charge in [0, 0.05) is 30.3 Å². The summed E-state index contributed by atoms with van der Waals surface area (Å²) in [4.78, 5) is 26.4. The van der Waals surface area contributed by atoms with Gasteiger partial charge in [-0.15, -0.1) is 0 Å². The normalized spacial score (nSPS) is 18.3. The van der Waals surface area contributed by atoms with Gasteiger partial charge in [0.05, 0.1) is 5.56 Å². The topological polar surface area (TPSA) is 79.3 Å². The van der Waals surface area contributed by atoms with Crippen LogP contribution in [-0.4, -0.2) is 39.5 Å². The minimum absolute atomic E-state index is 0.171. The molecule has 2 heterocycles. The molecular formula is C14H16N2O3S. The molecule has 20 heavy (non-hydrogen) atoms. The summed E-state index contributed by atoms with van der Waals surface area (Å²) < 4.78 is 0. The number of pyridine rings is 1. The van der Waals surface area contributed by atoms with E-state index < -0.39 is 5.97 Å². The van der Waals surface area contributed by atoms with E-state index in [4.69, 9.17) is 5.11 Å². The monoisotopic (exact) mass is 292 g/mol. The van der Waals surface area contributed by atoms with E-state index in [-0.39, 0.29) is 5.91 Å². The van der Waals surface area contributed by atoms with Gasteiger partial charge in [-0.1, -0.05) is 0 Å². The highest BCUT2D eigenvalue weighted by Crippen LogP contribution is 2.25. The zero-order valence-corrected chi connectivity index (χ0v) is 11.7. The summed E-state index contributed by atoms with van der Waals surface area (Å²) in [7, 11) is 0. The zero-order valence-electron chi connectivity index (χ0n) is 10.9. The van der Waals surface area contributed by atoms with Crippen LogP contribution < -0.4 is 5.32 Å². The number of carbonyl (C=O) groups excluding carboxylic acids is 1. The molecule has 0 bridgehead atoms. The van der Waals surface area contributed by atoms with Crippen LogP contribution in [0.1, 0.15) is 28.8 Å². The fourth-order valence-corrected chi connectivity index (χ4v) is 3.16. The molecule has 6 heteroatoms. The molecule has 1 atom stereocenters. The second-order valence-corrected chi connectivity index (χ2v) is 5.93. The van der Waals surface area contributed by atoms with Crippen molar-refractivity contribution < 1.29 is 14.7 Å². The standard InChI is InChI=1S/C14H16N2O3S/c17-13(18)4-3-10-6-11(8-15-7-10)14(19)16-9-12-2-1-5-20-12/h3-4,6-8,12H,1-2,5,9H2,(H,16,19)(H,17,18)/b4-3+. The van der Waals surface area contributed by atoms with Crippen LogP contribution in [0.3, 0.4) is 0 Å². The number of thioether (sulfide) groups is 1. The van der Waals surface area contributed by atoms with Crippen molar-refractivity contribution in [3.8, 4) is 0 Å². The smallest absolute Gasteiger partial charge is 0.328 e. The summed E-state index contributed by atoms with van der Waals surface area (Å²) in [6.07, 6.45) is 7.79. The first-order valence-corrected chi connectivity index (χ1v) is 7.46. The van der Waals surface area contributed by atoms with E-state index >= 15 is 0 Å². The van der Waals surface area contributed by atoms with Gasteiger partial charge in [-0.3, -0.25) is 9.78 Å². The van der Waals surface area contributed by atoms with Gasteiger partial charge >= 0.3 is 5.97 Å². The number of nitrogens with zero attached hydrogens (tertiary/aromatic N) is 1. The molecular weight excluding hydrogens is 276 g/mol. The van der Waals surface area contributed by atoms with Gasteiger partial charge in [-0.25, -0.2) is 4.79 Å². The first kappa shape index (κ1) is 14.6. The van der Waals surface area contributed by atoms with Crippen molar-refractivity contribution in [2.75, 3.05) is 12.3 Å². The van der Waals surface area contributed by atoms with Crippen molar-refractivity contribution in [1.29, 1.82) is 0 Å². The highest BCUT2D eigenvalue weighted by molar-refractivity contribution is 8.00. The summed E-state index contributed by atoms with van der Waals surface area (Å²) in [5.41, 5.74) is 1.04. The second-order valence-electron chi connectivity index (χ2n) is 4.52. The molecule has 0 saturated carbocycles. The Morgan fingerprint density at radius 2 is 2.35 bits per heavy atom. The number of carboxylic acid groups (broad SMARTS) is 1. The first-order chi connectivity index (χ1) is 9.65. The number of aromatic nitrogens is 1. The number of nitrogens with one attached hydrogen (secondary N) is 1. The van der Waals surface area contributed by atoms with Crippen LogP contribution in [-0.2, 0) is 4.79 Å². The fourth-order valence-electron chi connectivity index (χ4n) is 1.95. The Labute approximate surface area is 121 Å². The lowest BCUT2D eigenvalue weighted by Gasteiger charge is -2.10. The second kappa shape index (κ2) is 7.09. The lowest BCUT2D eigenvalue weighted by molar-refractivity contribution is -0.131. The Kier molecular flexibility index (Phi) is 5.17. The molecule has 106 valence electrons. The van der Waals surface area contributed by atoms with Gasteiger partial charge in [-0.05, 0) is 36.3 Å². The van der Waals surface area contributed by atoms with Gasteiger partial charge in [-0.2, -0.15) is 11.8 Å². The number of hydrogen-bond acceptors (Lipinski definition) is 4. The Bertz CT molecular complexity index is 525. The molecule has 5 nitrogen and oxygen atoms in total. The Morgan fingerprint density at radius 3 is 3.05 bits per heavy atom. The van der Waals surface area contributed by atoms with Crippen LogP contribution in [0.5, 0.6) is 0 Å². The molecule has 2 rings (SSSR count). The SMILES string of the molecule is O=C(O)/C=C/c1cncc(C(=O)NCC2CCCS2)c1. The number of aliphatic carboxylic acids is 1. The first-order valence-electron chi connectivity index (χ1n) is 6.41. The van der Waals surface area contributed by atoms with Crippen molar-refractivity contribution in [1.82, 2.24) is 10.3 Å². The predicted molar refractivity (Wildman–Crippen MR) is 78.7 cm³/mol. The van der Waals surface area contributed by atoms with Gasteiger partial charge in [0.25, 0.3) is 5.91 Å². The summed E-state index contributed by atoms with van der Waals surface area (Å²) in [5, 5.41) is 12.0. The number of hydrogen-bond donors (Lipinski definition) is 2. The van der Waals surface area contributed by atoms with Crippen molar-refractivity contribution in [2.24, 2.45) is 0 Å². The van der Waals surface area contributed by atoms with Crippen molar-refractivity contribution in [3.05, 3.63) is 35.7 Å². The van der Waals surface area contributed by atoms with Crippen molar-refractivity contribution >= 4 is 29.7 Å². The van der Waals surface area contributed by atoms with Crippen LogP contribution >= 0.6 is 11.8 Å². The molecule has 0 aromatic carbocycles. The average Bonchev–Trinajstić information content (AvgIpc) is 2.96. The molecule has 1 unspecified atom stereocenters. The largest absolute Gasteiger partial charge is 0.478 e. The molecule has 0 radical (unpaired) electrons. The van der Waals surface area contributed by atoms with Crippen LogP contribution in [0.4, 0.5) is 0 Å². The van der Waals surface area contributed by atoms with Gasteiger partial charge in [0.2, 0.25) is 0 Å². The zero-order chi connectivity index (χ0) is 14.4. The Hall–Kier alpha value is -1.82. The van der Waals surface area contributed by atoms with E-state index in [1.807, 2.05) is 11.8 Å². The number of carboxylic acids is 1. The lowest BCUT2D eigenvalue weighted by atomic mass is 10.2. The predicted octanol–water partition coefficient (Wildman–Crippen LogP) is 1.80. The minimum atomic E-state index is -1.03. The lowest BCUT2D eigenvalue weighted by Crippen LogP contribution is -2.29. The molecule has 1 aliphatic heterocycles. The van der Waals surface area contributed by atoms with E-state index in [1.165, 1.54) is 24.9 Å². The van der Waals surface area contributed by atoms with Gasteiger partial charge in [0.1, 0.15) is 0 Å². The molecule has 1 aliphatic rings. The average molecular weight is 292 g/mol. The van der Waals surface area contributed by atoms with E-state index in [1.54, 1.807) is 6.07 Å². The van der Waals surface area contributed by atoms with E-state index in [2.05, 4.69) is 10.3 Å². The van der Waals surface area contributed by atoms with E-state index in [0.717, 1.165) is 18.2 Å². The van der Waals surface area contributed by atoms with E-state index in [9.17, 15) is 9.59 Å². The minimum Gasteiger partial charge on any atom is -0.478 e. The van der Waals surface area contributed by atoms with Crippen LogP contribution in [0.2, 0.25) is 0 Å². The molecule has 0 aliphatic carbocycles. The number of amides is 1. The maximum Gasteiger partial charge on any atom is 0.328 e. The third kappa shape index (κ3) is 4.38. The highest BCUT2D eigenvalue weighted by atomic mass is 32.2. The van der Waals surface area contributed by atoms with Crippen molar-refractivity contribution in [3.63, 3.8) is 0 Å². The van der Waals surface area contributed by atoms with Crippen molar-refractivity contribution in [2.45, 2.75) is 18.1 Å². The molecule has 0 spiro atoms. The quantitative estimate of drug-likeness (QED) is 0.809. The highest BCUT2D eigenvalue weighted by Gasteiger charge is 2.16. The molecule has 1 fully saturated rings. The molecule has 1 aromatic heterocycles. The third-order valence-electron chi connectivity index (χ3n) is 2.95. The van der Waals surface area contributed by atoms with Crippen LogP contribution in [0.15, 0.2) is 24.5 Å². The molecule has 1 amide bonds. The van der Waals surface area contributed by atoms with E-state index in [0.29, 0.717) is 22.9 Å². The summed E-state index contributed by atoms with van der Waals surface area (Å²) in [6.45, 7) is 0.665. The van der Waals surface area contributed by atoms with Crippen LogP contribution in [0.25, 0.3) is 6.08 Å². The van der Waals surface area contributed by atoms with Gasteiger partial charge < -0.3 is 10.4 Å². The number of carbonyl (C=O) groups is 2. The third-order valence-corrected chi connectivity index (χ3v) is 4.35. The maximum absolute atomic E-state index is 12.0. The summed E-state index contributed by atoms with van der Waals surface area (Å²) >= 11 is 1.89. The van der Waals surface area contributed by atoms with Gasteiger partial charge in [0.15, 0.2) is 0 Å². The maximum atomic E-state index is 12.0. The molecule has 1 aromatic rings. The Morgan fingerprint density at radius 1 is 1.50 bits per heavy atom. The molecule has 2 N–H and O–H groups in total. The number of rotatable bonds is 5. The fraction of sp³-hybridized carbons (Fsp3) is 0.357. The summed E-state index contributed by atoms with van der Waals surface area (Å²) in [6, 6.07) is 1.63. The molecule has 1 saturated heterocycles. The summed E-state index contributed by atoms with van der Waals surface area (Å²) in [5.74, 6) is -0.0360. The van der Waals surface area contributed by atoms with Crippen LogP contribution in [0, 0.1) is 0 Å².